The van der Waals surface area contributed by atoms with Gasteiger partial charge < -0.3 is 33.8 Å². The molecule has 0 aromatic heterocycles. The average molecular weight is 316 g/mol. The first-order valence-corrected chi connectivity index (χ1v) is 8.14. The summed E-state index contributed by atoms with van der Waals surface area (Å²) in [7, 11) is -4.58. The highest BCUT2D eigenvalue weighted by Gasteiger charge is 2.55. The largest absolute Gasteiger partial charge is 0.343 e. The third-order valence-corrected chi connectivity index (χ3v) is 3.84. The lowest BCUT2D eigenvalue weighted by Crippen LogP contribution is -2.46. The third-order valence-electron chi connectivity index (χ3n) is 2.85. The summed E-state index contributed by atoms with van der Waals surface area (Å²) in [6.45, 7) is 3.60. The fraction of sp³-hybridized carbons (Fsp3) is 1.00. The van der Waals surface area contributed by atoms with Gasteiger partial charge in [-0.25, -0.2) is 10.2 Å². The standard InChI is InChI=1S/C8H18N2O7P2/c1-8(2)16-6-5(10-19(13)14)4(3-9-18(11)12)15-7(6)17-8/h4-7,9-14H,3H2,1-2H3/t4-,5+,6+,7-/m1/s1. The molecule has 0 saturated carbocycles. The maximum atomic E-state index is 9.10. The zero-order chi connectivity index (χ0) is 14.2. The third kappa shape index (κ3) is 4.00. The molecular formula is C8H18N2O7P2. The van der Waals surface area contributed by atoms with Crippen LogP contribution in [0, 0.1) is 0 Å². The second kappa shape index (κ2) is 6.09. The molecule has 0 amide bonds. The number of hydrogen-bond donors (Lipinski definition) is 6. The SMILES string of the molecule is CC1(C)O[C@H]2O[C@H](CNP(O)O)[C@H](NP(O)O)[C@@H]2O1. The summed E-state index contributed by atoms with van der Waals surface area (Å²) in [5, 5.41) is 5.02. The maximum Gasteiger partial charge on any atom is 0.250 e. The van der Waals surface area contributed by atoms with Gasteiger partial charge in [0.05, 0.1) is 12.1 Å². The van der Waals surface area contributed by atoms with Gasteiger partial charge in [0.15, 0.2) is 12.1 Å². The maximum absolute atomic E-state index is 9.10. The molecule has 0 radical (unpaired) electrons. The Morgan fingerprint density at radius 2 is 1.79 bits per heavy atom. The second-order valence-corrected chi connectivity index (χ2v) is 6.47. The number of nitrogens with one attached hydrogen (secondary N) is 2. The van der Waals surface area contributed by atoms with Gasteiger partial charge in [0.1, 0.15) is 6.10 Å². The van der Waals surface area contributed by atoms with Crippen molar-refractivity contribution in [3.8, 4) is 0 Å². The van der Waals surface area contributed by atoms with Gasteiger partial charge in [-0.05, 0) is 13.8 Å². The molecule has 11 heteroatoms. The van der Waals surface area contributed by atoms with Crippen LogP contribution in [0.1, 0.15) is 13.8 Å². The highest BCUT2D eigenvalue weighted by atomic mass is 31.2. The quantitative estimate of drug-likeness (QED) is 0.347. The first-order valence-electron chi connectivity index (χ1n) is 5.65. The Hall–Kier alpha value is 0.500. The molecule has 0 aromatic rings. The molecule has 0 aromatic carbocycles. The van der Waals surface area contributed by atoms with Crippen LogP contribution in [-0.4, -0.2) is 56.4 Å². The fourth-order valence-electron chi connectivity index (χ4n) is 2.21. The minimum Gasteiger partial charge on any atom is -0.343 e. The molecule has 2 aliphatic rings. The summed E-state index contributed by atoms with van der Waals surface area (Å²) < 4.78 is 16.8. The molecule has 4 atom stereocenters. The lowest BCUT2D eigenvalue weighted by molar-refractivity contribution is -0.205. The average Bonchev–Trinajstić information content (AvgIpc) is 2.69. The highest BCUT2D eigenvalue weighted by Crippen LogP contribution is 2.39. The Morgan fingerprint density at radius 1 is 1.11 bits per heavy atom. The molecule has 0 bridgehead atoms. The fourth-order valence-corrected chi connectivity index (χ4v) is 3.13. The molecule has 0 aliphatic carbocycles. The van der Waals surface area contributed by atoms with Gasteiger partial charge in [-0.2, -0.15) is 0 Å². The lowest BCUT2D eigenvalue weighted by Gasteiger charge is -2.26. The van der Waals surface area contributed by atoms with Gasteiger partial charge in [0, 0.05) is 6.54 Å². The van der Waals surface area contributed by atoms with Crippen molar-refractivity contribution in [2.24, 2.45) is 0 Å². The van der Waals surface area contributed by atoms with Crippen molar-refractivity contribution in [3.05, 3.63) is 0 Å². The van der Waals surface area contributed by atoms with Crippen LogP contribution in [0.5, 0.6) is 0 Å². The van der Waals surface area contributed by atoms with E-state index in [1.165, 1.54) is 0 Å². The van der Waals surface area contributed by atoms with E-state index in [4.69, 9.17) is 33.8 Å². The lowest BCUT2D eigenvalue weighted by atomic mass is 10.1. The Labute approximate surface area is 112 Å². The molecule has 6 N–H and O–H groups in total. The molecule has 0 spiro atoms. The van der Waals surface area contributed by atoms with E-state index in [-0.39, 0.29) is 6.54 Å². The van der Waals surface area contributed by atoms with Gasteiger partial charge in [-0.3, -0.25) is 0 Å². The number of rotatable bonds is 5. The van der Waals surface area contributed by atoms with Crippen molar-refractivity contribution in [1.82, 2.24) is 10.2 Å². The predicted molar refractivity (Wildman–Crippen MR) is 66.3 cm³/mol. The molecular weight excluding hydrogens is 298 g/mol. The summed E-state index contributed by atoms with van der Waals surface area (Å²) in [5.74, 6) is -0.804. The zero-order valence-corrected chi connectivity index (χ0v) is 12.2. The van der Waals surface area contributed by atoms with Crippen molar-refractivity contribution in [1.29, 1.82) is 0 Å². The van der Waals surface area contributed by atoms with Crippen LogP contribution >= 0.6 is 17.1 Å². The highest BCUT2D eigenvalue weighted by molar-refractivity contribution is 7.43. The molecule has 9 nitrogen and oxygen atoms in total. The van der Waals surface area contributed by atoms with Crippen LogP contribution in [-0.2, 0) is 14.2 Å². The summed E-state index contributed by atoms with van der Waals surface area (Å²) in [6.07, 6.45) is -1.65. The van der Waals surface area contributed by atoms with Gasteiger partial charge in [0.25, 0.3) is 8.53 Å². The molecule has 2 heterocycles. The molecule has 2 rings (SSSR count). The van der Waals surface area contributed by atoms with Crippen LogP contribution in [0.2, 0.25) is 0 Å². The Balaban J connectivity index is 2.01. The topological polar surface area (TPSA) is 133 Å². The van der Waals surface area contributed by atoms with E-state index in [1.807, 2.05) is 0 Å². The number of ether oxygens (including phenoxy) is 3. The summed E-state index contributed by atoms with van der Waals surface area (Å²) in [6, 6.07) is -0.518. The Bertz CT molecular complexity index is 319. The minimum atomic E-state index is -2.33. The summed E-state index contributed by atoms with van der Waals surface area (Å²) >= 11 is 0. The molecule has 2 saturated heterocycles. The smallest absolute Gasteiger partial charge is 0.250 e. The van der Waals surface area contributed by atoms with Crippen molar-refractivity contribution >= 4 is 17.1 Å². The molecule has 2 fully saturated rings. The normalized spacial score (nSPS) is 37.3. The van der Waals surface area contributed by atoms with Crippen molar-refractivity contribution in [2.75, 3.05) is 6.54 Å². The second-order valence-electron chi connectivity index (χ2n) is 4.74. The van der Waals surface area contributed by atoms with Crippen molar-refractivity contribution in [2.45, 2.75) is 44.2 Å². The molecule has 2 aliphatic heterocycles. The van der Waals surface area contributed by atoms with E-state index in [2.05, 4.69) is 10.2 Å². The van der Waals surface area contributed by atoms with Gasteiger partial charge in [-0.1, -0.05) is 0 Å². The van der Waals surface area contributed by atoms with E-state index in [0.29, 0.717) is 0 Å². The van der Waals surface area contributed by atoms with Crippen molar-refractivity contribution < 1.29 is 33.8 Å². The van der Waals surface area contributed by atoms with Crippen LogP contribution in [0.15, 0.2) is 0 Å². The van der Waals surface area contributed by atoms with Gasteiger partial charge in [0.2, 0.25) is 8.53 Å². The van der Waals surface area contributed by atoms with Crippen LogP contribution in [0.25, 0.3) is 0 Å². The van der Waals surface area contributed by atoms with Crippen molar-refractivity contribution in [3.63, 3.8) is 0 Å². The van der Waals surface area contributed by atoms with Crippen LogP contribution in [0.4, 0.5) is 0 Å². The molecule has 112 valence electrons. The van der Waals surface area contributed by atoms with E-state index >= 15 is 0 Å². The van der Waals surface area contributed by atoms with E-state index in [9.17, 15) is 0 Å². The molecule has 0 unspecified atom stereocenters. The summed E-state index contributed by atoms with van der Waals surface area (Å²) in [5.41, 5.74) is 0. The van der Waals surface area contributed by atoms with E-state index in [1.54, 1.807) is 13.8 Å². The van der Waals surface area contributed by atoms with Gasteiger partial charge >= 0.3 is 0 Å². The molecule has 19 heavy (non-hydrogen) atoms. The first-order chi connectivity index (χ1) is 8.78. The number of hydrogen-bond acceptors (Lipinski definition) is 9. The minimum absolute atomic E-state index is 0.125. The number of fused-ring (bicyclic) bond motifs is 1. The monoisotopic (exact) mass is 316 g/mol. The van der Waals surface area contributed by atoms with E-state index < -0.39 is 47.4 Å². The summed E-state index contributed by atoms with van der Waals surface area (Å²) in [4.78, 5) is 35.9. The van der Waals surface area contributed by atoms with Gasteiger partial charge in [-0.15, -0.1) is 0 Å². The Kier molecular flexibility index (Phi) is 5.09. The van der Waals surface area contributed by atoms with Crippen LogP contribution < -0.4 is 10.2 Å². The zero-order valence-electron chi connectivity index (χ0n) is 10.4. The first kappa shape index (κ1) is 15.9. The van der Waals surface area contributed by atoms with Crippen LogP contribution in [0.3, 0.4) is 0 Å². The Morgan fingerprint density at radius 3 is 2.37 bits per heavy atom. The predicted octanol–water partition coefficient (Wildman–Crippen LogP) is -1.17. The van der Waals surface area contributed by atoms with E-state index in [0.717, 1.165) is 0 Å².